The van der Waals surface area contributed by atoms with Crippen LogP contribution in [0.2, 0.25) is 10.0 Å². The highest BCUT2D eigenvalue weighted by molar-refractivity contribution is 6.37. The lowest BCUT2D eigenvalue weighted by molar-refractivity contribution is 0.149. The number of aromatic nitrogens is 5. The molecule has 0 fully saturated rings. The van der Waals surface area contributed by atoms with Crippen LogP contribution < -0.4 is 21.5 Å². The maximum atomic E-state index is 12.8. The third kappa shape index (κ3) is 4.00. The average molecular weight is 443 g/mol. The highest BCUT2D eigenvalue weighted by Crippen LogP contribution is 2.37. The Morgan fingerprint density at radius 3 is 2.38 bits per heavy atom. The smallest absolute Gasteiger partial charge is 0.365 e. The molecule has 10 nitrogen and oxygen atoms in total. The summed E-state index contributed by atoms with van der Waals surface area (Å²) < 4.78 is 31.6. The number of halogens is 4. The van der Waals surface area contributed by atoms with E-state index in [1.54, 1.807) is 0 Å². The van der Waals surface area contributed by atoms with Gasteiger partial charge in [0.05, 0.1) is 21.3 Å². The van der Waals surface area contributed by atoms with E-state index in [0.717, 1.165) is 6.07 Å². The summed E-state index contributed by atoms with van der Waals surface area (Å²) >= 11 is 12.2. The molecule has 0 atom stereocenters. The molecule has 2 aromatic heterocycles. The highest BCUT2D eigenvalue weighted by Gasteiger charge is 2.19. The van der Waals surface area contributed by atoms with Crippen molar-refractivity contribution in [1.29, 1.82) is 0 Å². The summed E-state index contributed by atoms with van der Waals surface area (Å²) in [7, 11) is 0. The van der Waals surface area contributed by atoms with Gasteiger partial charge in [0, 0.05) is 6.07 Å². The Balaban J connectivity index is 2.05. The van der Waals surface area contributed by atoms with E-state index in [0.29, 0.717) is 4.68 Å². The minimum atomic E-state index is -3.06. The zero-order chi connectivity index (χ0) is 21.3. The largest absolute Gasteiger partial charge is 0.434 e. The number of alkyl halides is 2. The molecule has 0 aliphatic rings. The zero-order valence-corrected chi connectivity index (χ0v) is 15.3. The van der Waals surface area contributed by atoms with E-state index in [-0.39, 0.29) is 21.5 Å². The second-order valence-corrected chi connectivity index (χ2v) is 6.05. The average Bonchev–Trinajstić information content (AvgIpc) is 2.65. The normalized spacial score (nSPS) is 10.8. The fraction of sp³-hybridized carbons (Fsp3) is 0.0667. The molecule has 14 heteroatoms. The second-order valence-electron chi connectivity index (χ2n) is 5.24. The van der Waals surface area contributed by atoms with E-state index in [9.17, 15) is 23.2 Å². The molecular weight excluding hydrogens is 437 g/mol. The molecule has 0 aliphatic carbocycles. The monoisotopic (exact) mass is 442 g/mol. The molecule has 148 valence electrons. The van der Waals surface area contributed by atoms with Crippen LogP contribution in [0.4, 0.5) is 14.6 Å². The van der Waals surface area contributed by atoms with Gasteiger partial charge in [-0.2, -0.15) is 0 Å². The van der Waals surface area contributed by atoms with Gasteiger partial charge in [0.15, 0.2) is 5.75 Å². The Bertz CT molecular complexity index is 1300. The van der Waals surface area contributed by atoms with Gasteiger partial charge in [-0.25, -0.2) is 18.7 Å². The van der Waals surface area contributed by atoms with Crippen LogP contribution in [0.3, 0.4) is 0 Å². The first-order valence-electron chi connectivity index (χ1n) is 7.37. The van der Waals surface area contributed by atoms with Crippen molar-refractivity contribution in [3.05, 3.63) is 76.4 Å². The summed E-state index contributed by atoms with van der Waals surface area (Å²) in [4.78, 5) is 39.5. The number of hydrogen-bond donors (Lipinski definition) is 2. The lowest BCUT2D eigenvalue weighted by Crippen LogP contribution is -2.30. The van der Waals surface area contributed by atoms with Crippen molar-refractivity contribution >= 4 is 29.0 Å². The van der Waals surface area contributed by atoms with Crippen molar-refractivity contribution < 1.29 is 13.5 Å². The Labute approximate surface area is 168 Å². The molecule has 0 saturated heterocycles. The van der Waals surface area contributed by atoms with Crippen LogP contribution >= 0.6 is 23.2 Å². The molecule has 0 spiro atoms. The van der Waals surface area contributed by atoms with Crippen molar-refractivity contribution in [2.45, 2.75) is 6.43 Å². The Morgan fingerprint density at radius 1 is 1.14 bits per heavy atom. The number of nitrogens with one attached hydrogen (secondary N) is 2. The molecule has 3 rings (SSSR count). The lowest BCUT2D eigenvalue weighted by atomic mass is 10.3. The second kappa shape index (κ2) is 7.82. The Hall–Kier alpha value is -3.56. The number of H-pyrrole nitrogens is 2. The molecule has 0 aliphatic heterocycles. The fourth-order valence-electron chi connectivity index (χ4n) is 2.13. The van der Waals surface area contributed by atoms with Crippen molar-refractivity contribution in [2.75, 3.05) is 0 Å². The predicted molar refractivity (Wildman–Crippen MR) is 96.6 cm³/mol. The first kappa shape index (κ1) is 20.2. The third-order valence-corrected chi connectivity index (χ3v) is 3.96. The van der Waals surface area contributed by atoms with Crippen LogP contribution in [0, 0.1) is 6.57 Å². The van der Waals surface area contributed by atoms with Gasteiger partial charge >= 0.3 is 11.5 Å². The number of nitrogens with zero attached hydrogens (tertiary/aromatic N) is 4. The van der Waals surface area contributed by atoms with E-state index < -0.39 is 40.5 Å². The van der Waals surface area contributed by atoms with Gasteiger partial charge in [-0.15, -0.1) is 9.78 Å². The maximum absolute atomic E-state index is 12.8. The molecule has 29 heavy (non-hydrogen) atoms. The van der Waals surface area contributed by atoms with Crippen molar-refractivity contribution in [3.63, 3.8) is 0 Å². The molecule has 2 heterocycles. The van der Waals surface area contributed by atoms with Gasteiger partial charge in [0.25, 0.3) is 17.5 Å². The van der Waals surface area contributed by atoms with E-state index in [4.69, 9.17) is 34.5 Å². The van der Waals surface area contributed by atoms with Crippen LogP contribution in [0.5, 0.6) is 11.6 Å². The molecule has 0 saturated carbocycles. The summed E-state index contributed by atoms with van der Waals surface area (Å²) in [6.07, 6.45) is -3.06. The fourth-order valence-corrected chi connectivity index (χ4v) is 2.68. The SMILES string of the molecule is [C-]#[N+]c1nn(-c2cc(Cl)c(Oc3cc(C(F)F)c(=O)[nH]n3)c(Cl)c2)c(=O)[nH]c1=O. The summed E-state index contributed by atoms with van der Waals surface area (Å²) in [6.45, 7) is 6.89. The molecule has 0 amide bonds. The molecule has 0 bridgehead atoms. The van der Waals surface area contributed by atoms with Crippen LogP contribution in [0.15, 0.2) is 32.6 Å². The predicted octanol–water partition coefficient (Wildman–Crippen LogP) is 2.59. The van der Waals surface area contributed by atoms with Gasteiger partial charge in [0.2, 0.25) is 5.88 Å². The van der Waals surface area contributed by atoms with E-state index in [1.165, 1.54) is 12.1 Å². The van der Waals surface area contributed by atoms with Gasteiger partial charge in [-0.3, -0.25) is 14.6 Å². The first-order valence-corrected chi connectivity index (χ1v) is 8.13. The molecular formula is C15H6Cl2F2N6O4. The molecule has 1 aromatic carbocycles. The lowest BCUT2D eigenvalue weighted by Gasteiger charge is -2.11. The van der Waals surface area contributed by atoms with Gasteiger partial charge in [-0.1, -0.05) is 29.8 Å². The minimum absolute atomic E-state index is 0.0128. The number of hydrogen-bond acceptors (Lipinski definition) is 6. The van der Waals surface area contributed by atoms with Gasteiger partial charge in [0.1, 0.15) is 0 Å². The number of benzene rings is 1. The van der Waals surface area contributed by atoms with E-state index in [1.807, 2.05) is 10.1 Å². The topological polar surface area (TPSA) is 127 Å². The van der Waals surface area contributed by atoms with E-state index >= 15 is 0 Å². The molecule has 0 unspecified atom stereocenters. The molecule has 2 N–H and O–H groups in total. The maximum Gasteiger partial charge on any atom is 0.365 e. The Morgan fingerprint density at radius 2 is 1.79 bits per heavy atom. The summed E-state index contributed by atoms with van der Waals surface area (Å²) in [5, 5.41) is 8.59. The number of ether oxygens (including phenoxy) is 1. The van der Waals surface area contributed by atoms with Gasteiger partial charge < -0.3 is 9.58 Å². The summed E-state index contributed by atoms with van der Waals surface area (Å²) in [5.41, 5.74) is -3.88. The van der Waals surface area contributed by atoms with Crippen LogP contribution in [0.25, 0.3) is 10.5 Å². The molecule has 0 radical (unpaired) electrons. The first-order chi connectivity index (χ1) is 13.7. The third-order valence-electron chi connectivity index (χ3n) is 3.39. The van der Waals surface area contributed by atoms with Crippen LogP contribution in [-0.2, 0) is 0 Å². The van der Waals surface area contributed by atoms with Crippen molar-refractivity contribution in [2.24, 2.45) is 0 Å². The van der Waals surface area contributed by atoms with Crippen LogP contribution in [-0.4, -0.2) is 25.0 Å². The van der Waals surface area contributed by atoms with Gasteiger partial charge in [-0.05, 0) is 17.2 Å². The van der Waals surface area contributed by atoms with E-state index in [2.05, 4.69) is 15.0 Å². The van der Waals surface area contributed by atoms with Crippen molar-refractivity contribution in [1.82, 2.24) is 25.0 Å². The van der Waals surface area contributed by atoms with Crippen molar-refractivity contribution in [3.8, 4) is 17.3 Å². The minimum Gasteiger partial charge on any atom is -0.434 e. The highest BCUT2D eigenvalue weighted by atomic mass is 35.5. The Kier molecular flexibility index (Phi) is 5.44. The number of rotatable bonds is 4. The van der Waals surface area contributed by atoms with Crippen LogP contribution in [0.1, 0.15) is 12.0 Å². The standard InChI is InChI=1S/C15H6Cl2F2N6O4/c1-20-12-14(27)21-15(28)25(24-12)5-2-7(16)10(8(17)3-5)29-9-4-6(11(18)19)13(26)23-22-9/h2-4,11H,(H,23,26)(H,21,27,28). The molecule has 3 aromatic rings. The number of aromatic amines is 2. The summed E-state index contributed by atoms with van der Waals surface area (Å²) in [6, 6.07) is 3.06. The zero-order valence-electron chi connectivity index (χ0n) is 13.7. The summed E-state index contributed by atoms with van der Waals surface area (Å²) in [5.74, 6) is -1.21. The quantitative estimate of drug-likeness (QED) is 0.597.